The number of hydrogen-bond donors (Lipinski definition) is 1. The quantitative estimate of drug-likeness (QED) is 0.832. The Bertz CT molecular complexity index is 280. The van der Waals surface area contributed by atoms with Crippen molar-refractivity contribution < 1.29 is 9.90 Å². The zero-order chi connectivity index (χ0) is 13.1. The van der Waals surface area contributed by atoms with Gasteiger partial charge in [-0.05, 0) is 65.7 Å². The molecule has 0 amide bonds. The highest BCUT2D eigenvalue weighted by Gasteiger charge is 2.31. The molecule has 1 saturated carbocycles. The third kappa shape index (κ3) is 3.23. The highest BCUT2D eigenvalue weighted by molar-refractivity contribution is 5.70. The molecule has 4 heteroatoms. The molecule has 18 heavy (non-hydrogen) atoms. The van der Waals surface area contributed by atoms with Gasteiger partial charge in [-0.15, -0.1) is 0 Å². The summed E-state index contributed by atoms with van der Waals surface area (Å²) in [7, 11) is 4.43. The van der Waals surface area contributed by atoms with E-state index in [0.29, 0.717) is 12.1 Å². The predicted octanol–water partition coefficient (Wildman–Crippen LogP) is 1.66. The molecule has 4 nitrogen and oxygen atoms in total. The fourth-order valence-electron chi connectivity index (χ4n) is 3.43. The van der Waals surface area contributed by atoms with Crippen molar-refractivity contribution in [2.45, 2.75) is 50.6 Å². The smallest absolute Gasteiger partial charge is 0.306 e. The summed E-state index contributed by atoms with van der Waals surface area (Å²) < 4.78 is 0. The Morgan fingerprint density at radius 1 is 1.06 bits per heavy atom. The van der Waals surface area contributed by atoms with Gasteiger partial charge in [-0.25, -0.2) is 0 Å². The van der Waals surface area contributed by atoms with E-state index < -0.39 is 5.97 Å². The standard InChI is InChI=1S/C14H26N2O2/c1-15-9-7-13(8-10-15)16(2)12-5-3-11(4-6-12)14(17)18/h11-13H,3-10H2,1-2H3,(H,17,18). The van der Waals surface area contributed by atoms with E-state index in [1.807, 2.05) is 0 Å². The molecule has 0 radical (unpaired) electrons. The summed E-state index contributed by atoms with van der Waals surface area (Å²) in [5.41, 5.74) is 0. The van der Waals surface area contributed by atoms with Gasteiger partial charge in [0.2, 0.25) is 0 Å². The minimum absolute atomic E-state index is 0.0906. The third-order valence-corrected chi connectivity index (χ3v) is 4.89. The lowest BCUT2D eigenvalue weighted by molar-refractivity contribution is -0.143. The van der Waals surface area contributed by atoms with Crippen LogP contribution in [-0.2, 0) is 4.79 Å². The topological polar surface area (TPSA) is 43.8 Å². The molecule has 1 aliphatic heterocycles. The monoisotopic (exact) mass is 254 g/mol. The molecule has 2 aliphatic rings. The van der Waals surface area contributed by atoms with Crippen molar-refractivity contribution in [3.05, 3.63) is 0 Å². The van der Waals surface area contributed by atoms with Crippen molar-refractivity contribution in [2.75, 3.05) is 27.2 Å². The van der Waals surface area contributed by atoms with Crippen LogP contribution in [0.25, 0.3) is 0 Å². The Morgan fingerprint density at radius 3 is 2.06 bits per heavy atom. The zero-order valence-corrected chi connectivity index (χ0v) is 11.6. The molecule has 0 aromatic carbocycles. The molecule has 1 aliphatic carbocycles. The maximum Gasteiger partial charge on any atom is 0.306 e. The second-order valence-corrected chi connectivity index (χ2v) is 6.04. The Labute approximate surface area is 110 Å². The normalized spacial score (nSPS) is 31.7. The van der Waals surface area contributed by atoms with Gasteiger partial charge in [0.25, 0.3) is 0 Å². The van der Waals surface area contributed by atoms with Crippen molar-refractivity contribution in [2.24, 2.45) is 5.92 Å². The molecule has 1 saturated heterocycles. The van der Waals surface area contributed by atoms with E-state index in [0.717, 1.165) is 25.7 Å². The molecule has 0 aromatic heterocycles. The maximum absolute atomic E-state index is 10.9. The number of carboxylic acids is 1. The van der Waals surface area contributed by atoms with Gasteiger partial charge in [0.1, 0.15) is 0 Å². The van der Waals surface area contributed by atoms with Gasteiger partial charge < -0.3 is 14.9 Å². The fraction of sp³-hybridized carbons (Fsp3) is 0.929. The lowest BCUT2D eigenvalue weighted by atomic mass is 9.84. The first kappa shape index (κ1) is 13.8. The molecule has 0 bridgehead atoms. The van der Waals surface area contributed by atoms with Crippen molar-refractivity contribution in [3.8, 4) is 0 Å². The Morgan fingerprint density at radius 2 is 1.56 bits per heavy atom. The van der Waals surface area contributed by atoms with Crippen molar-refractivity contribution in [3.63, 3.8) is 0 Å². The van der Waals surface area contributed by atoms with Gasteiger partial charge in [-0.2, -0.15) is 0 Å². The summed E-state index contributed by atoms with van der Waals surface area (Å²) in [6.45, 7) is 2.39. The number of nitrogens with zero attached hydrogens (tertiary/aromatic N) is 2. The number of carboxylic acid groups (broad SMARTS) is 1. The molecule has 104 valence electrons. The Balaban J connectivity index is 1.80. The van der Waals surface area contributed by atoms with Gasteiger partial charge >= 0.3 is 5.97 Å². The number of carbonyl (C=O) groups is 1. The molecule has 0 unspecified atom stereocenters. The van der Waals surface area contributed by atoms with Gasteiger partial charge in [-0.3, -0.25) is 4.79 Å². The van der Waals surface area contributed by atoms with Crippen LogP contribution in [0, 0.1) is 5.92 Å². The van der Waals surface area contributed by atoms with Gasteiger partial charge in [0.05, 0.1) is 5.92 Å². The van der Waals surface area contributed by atoms with Crippen LogP contribution in [0.2, 0.25) is 0 Å². The van der Waals surface area contributed by atoms with Crippen LogP contribution in [0.4, 0.5) is 0 Å². The summed E-state index contributed by atoms with van der Waals surface area (Å²) >= 11 is 0. The number of aliphatic carboxylic acids is 1. The Hall–Kier alpha value is -0.610. The average molecular weight is 254 g/mol. The summed E-state index contributed by atoms with van der Waals surface area (Å²) in [5.74, 6) is -0.692. The average Bonchev–Trinajstić information content (AvgIpc) is 2.39. The molecule has 2 rings (SSSR count). The molecular weight excluding hydrogens is 228 g/mol. The summed E-state index contributed by atoms with van der Waals surface area (Å²) in [4.78, 5) is 15.9. The molecule has 0 atom stereocenters. The molecular formula is C14H26N2O2. The summed E-state index contributed by atoms with van der Waals surface area (Å²) in [6, 6.07) is 1.31. The number of likely N-dealkylation sites (tertiary alicyclic amines) is 1. The molecule has 0 aromatic rings. The van der Waals surface area contributed by atoms with Crippen LogP contribution in [0.1, 0.15) is 38.5 Å². The van der Waals surface area contributed by atoms with E-state index >= 15 is 0 Å². The van der Waals surface area contributed by atoms with Gasteiger partial charge in [-0.1, -0.05) is 0 Å². The van der Waals surface area contributed by atoms with Crippen LogP contribution >= 0.6 is 0 Å². The summed E-state index contributed by atoms with van der Waals surface area (Å²) in [6.07, 6.45) is 6.34. The predicted molar refractivity (Wildman–Crippen MR) is 71.7 cm³/mol. The second-order valence-electron chi connectivity index (χ2n) is 6.04. The van der Waals surface area contributed by atoms with Crippen LogP contribution < -0.4 is 0 Å². The van der Waals surface area contributed by atoms with Crippen molar-refractivity contribution >= 4 is 5.97 Å². The lowest BCUT2D eigenvalue weighted by Gasteiger charge is -2.41. The van der Waals surface area contributed by atoms with E-state index in [-0.39, 0.29) is 5.92 Å². The van der Waals surface area contributed by atoms with Crippen LogP contribution in [0.5, 0.6) is 0 Å². The lowest BCUT2D eigenvalue weighted by Crippen LogP contribution is -2.47. The minimum atomic E-state index is -0.601. The number of hydrogen-bond acceptors (Lipinski definition) is 3. The van der Waals surface area contributed by atoms with Gasteiger partial charge in [0, 0.05) is 12.1 Å². The highest BCUT2D eigenvalue weighted by atomic mass is 16.4. The van der Waals surface area contributed by atoms with Gasteiger partial charge in [0.15, 0.2) is 0 Å². The first-order valence-electron chi connectivity index (χ1n) is 7.21. The van der Waals surface area contributed by atoms with E-state index in [2.05, 4.69) is 23.9 Å². The molecule has 0 spiro atoms. The maximum atomic E-state index is 10.9. The molecule has 1 N–H and O–H groups in total. The first-order valence-corrected chi connectivity index (χ1v) is 7.21. The summed E-state index contributed by atoms with van der Waals surface area (Å²) in [5, 5.41) is 9.02. The third-order valence-electron chi connectivity index (χ3n) is 4.89. The minimum Gasteiger partial charge on any atom is -0.481 e. The fourth-order valence-corrected chi connectivity index (χ4v) is 3.43. The van der Waals surface area contributed by atoms with E-state index in [1.54, 1.807) is 0 Å². The molecule has 2 fully saturated rings. The van der Waals surface area contributed by atoms with E-state index in [9.17, 15) is 4.79 Å². The number of piperidine rings is 1. The van der Waals surface area contributed by atoms with Crippen molar-refractivity contribution in [1.29, 1.82) is 0 Å². The Kier molecular flexibility index (Phi) is 4.62. The van der Waals surface area contributed by atoms with Crippen molar-refractivity contribution in [1.82, 2.24) is 9.80 Å². The number of rotatable bonds is 3. The van der Waals surface area contributed by atoms with Crippen LogP contribution in [0.3, 0.4) is 0 Å². The molecule has 1 heterocycles. The van der Waals surface area contributed by atoms with Crippen LogP contribution in [0.15, 0.2) is 0 Å². The highest BCUT2D eigenvalue weighted by Crippen LogP contribution is 2.29. The van der Waals surface area contributed by atoms with E-state index in [4.69, 9.17) is 5.11 Å². The zero-order valence-electron chi connectivity index (χ0n) is 11.6. The SMILES string of the molecule is CN1CCC(N(C)C2CCC(C(=O)O)CC2)CC1. The van der Waals surface area contributed by atoms with Crippen LogP contribution in [-0.4, -0.2) is 60.1 Å². The first-order chi connectivity index (χ1) is 8.58. The second kappa shape index (κ2) is 6.02. The van der Waals surface area contributed by atoms with E-state index in [1.165, 1.54) is 25.9 Å². The largest absolute Gasteiger partial charge is 0.481 e.